The molecule has 0 fully saturated rings. The maximum absolute atomic E-state index is 12.6. The van der Waals surface area contributed by atoms with Crippen molar-refractivity contribution in [2.45, 2.75) is 12.7 Å². The number of anilines is 2. The van der Waals surface area contributed by atoms with Crippen LogP contribution in [0.25, 0.3) is 0 Å². The van der Waals surface area contributed by atoms with Gasteiger partial charge in [-0.1, -0.05) is 6.07 Å². The van der Waals surface area contributed by atoms with E-state index in [1.165, 1.54) is 24.5 Å². The van der Waals surface area contributed by atoms with Gasteiger partial charge >= 0.3 is 6.18 Å². The summed E-state index contributed by atoms with van der Waals surface area (Å²) in [6.07, 6.45) is -1.58. The van der Waals surface area contributed by atoms with Crippen molar-refractivity contribution in [2.75, 3.05) is 5.32 Å². The van der Waals surface area contributed by atoms with Crippen molar-refractivity contribution in [3.63, 3.8) is 0 Å². The Morgan fingerprint density at radius 1 is 1.00 bits per heavy atom. The Hall–Kier alpha value is -3.49. The maximum Gasteiger partial charge on any atom is 0.416 e. The molecule has 0 saturated heterocycles. The summed E-state index contributed by atoms with van der Waals surface area (Å²) in [7, 11) is 0. The molecule has 2 heterocycles. The number of amides is 1. The molecule has 2 N–H and O–H groups in total. The van der Waals surface area contributed by atoms with Gasteiger partial charge in [0.25, 0.3) is 5.91 Å². The zero-order valence-electron chi connectivity index (χ0n) is 13.9. The summed E-state index contributed by atoms with van der Waals surface area (Å²) >= 11 is 0. The minimum absolute atomic E-state index is 0.121. The highest BCUT2D eigenvalue weighted by atomic mass is 19.4. The third kappa shape index (κ3) is 5.00. The Morgan fingerprint density at radius 2 is 1.78 bits per heavy atom. The van der Waals surface area contributed by atoms with Crippen LogP contribution in [0.1, 0.15) is 21.7 Å². The van der Waals surface area contributed by atoms with E-state index in [1.54, 1.807) is 18.3 Å². The van der Waals surface area contributed by atoms with Crippen molar-refractivity contribution in [1.29, 1.82) is 0 Å². The van der Waals surface area contributed by atoms with Crippen molar-refractivity contribution >= 4 is 17.4 Å². The highest BCUT2D eigenvalue weighted by Crippen LogP contribution is 2.30. The van der Waals surface area contributed by atoms with Gasteiger partial charge in [-0.2, -0.15) is 13.2 Å². The first-order chi connectivity index (χ1) is 12.9. The first-order valence-corrected chi connectivity index (χ1v) is 7.86. The summed E-state index contributed by atoms with van der Waals surface area (Å²) in [5.41, 5.74) is 0.477. The number of hydrogen-bond acceptors (Lipinski definition) is 5. The van der Waals surface area contributed by atoms with Crippen LogP contribution in [-0.4, -0.2) is 20.9 Å². The number of benzene rings is 1. The molecule has 0 bridgehead atoms. The van der Waals surface area contributed by atoms with Gasteiger partial charge in [-0.15, -0.1) is 0 Å². The molecule has 0 unspecified atom stereocenters. The van der Waals surface area contributed by atoms with Crippen LogP contribution in [0.2, 0.25) is 0 Å². The lowest BCUT2D eigenvalue weighted by Crippen LogP contribution is -2.24. The number of rotatable bonds is 5. The van der Waals surface area contributed by atoms with Crippen LogP contribution in [0.5, 0.6) is 0 Å². The van der Waals surface area contributed by atoms with Gasteiger partial charge in [0.1, 0.15) is 17.8 Å². The Labute approximate surface area is 152 Å². The van der Waals surface area contributed by atoms with Crippen molar-refractivity contribution < 1.29 is 18.0 Å². The van der Waals surface area contributed by atoms with Crippen molar-refractivity contribution in [3.05, 3.63) is 78.0 Å². The van der Waals surface area contributed by atoms with E-state index in [1.807, 2.05) is 6.07 Å². The lowest BCUT2D eigenvalue weighted by atomic mass is 10.2. The average Bonchev–Trinajstić information content (AvgIpc) is 2.67. The standard InChI is InChI=1S/C18H14F3N5O/c19-18(20,21)12-4-6-13(7-5-12)26-16-9-15(24-11-25-16)17(27)23-10-14-3-1-2-8-22-14/h1-9,11H,10H2,(H,23,27)(H,24,25,26). The van der Waals surface area contributed by atoms with E-state index >= 15 is 0 Å². The zero-order chi connectivity index (χ0) is 19.3. The van der Waals surface area contributed by atoms with E-state index in [0.717, 1.165) is 12.1 Å². The van der Waals surface area contributed by atoms with Gasteiger partial charge in [0.05, 0.1) is 17.8 Å². The molecule has 3 aromatic rings. The van der Waals surface area contributed by atoms with Crippen LogP contribution in [0.4, 0.5) is 24.7 Å². The van der Waals surface area contributed by atoms with E-state index in [2.05, 4.69) is 25.6 Å². The molecule has 0 aliphatic carbocycles. The van der Waals surface area contributed by atoms with Crippen LogP contribution >= 0.6 is 0 Å². The predicted octanol–water partition coefficient (Wildman–Crippen LogP) is 3.56. The van der Waals surface area contributed by atoms with Crippen molar-refractivity contribution in [3.8, 4) is 0 Å². The Balaban J connectivity index is 1.65. The highest BCUT2D eigenvalue weighted by molar-refractivity contribution is 5.92. The van der Waals surface area contributed by atoms with Crippen LogP contribution in [0.3, 0.4) is 0 Å². The molecule has 2 aromatic heterocycles. The van der Waals surface area contributed by atoms with Crippen LogP contribution in [0.15, 0.2) is 61.1 Å². The molecule has 6 nitrogen and oxygen atoms in total. The maximum atomic E-state index is 12.6. The van der Waals surface area contributed by atoms with Crippen LogP contribution in [0, 0.1) is 0 Å². The fraction of sp³-hybridized carbons (Fsp3) is 0.111. The molecule has 0 saturated carbocycles. The molecule has 27 heavy (non-hydrogen) atoms. The first kappa shape index (κ1) is 18.3. The highest BCUT2D eigenvalue weighted by Gasteiger charge is 2.29. The topological polar surface area (TPSA) is 79.8 Å². The van der Waals surface area contributed by atoms with E-state index < -0.39 is 17.6 Å². The SMILES string of the molecule is O=C(NCc1ccccn1)c1cc(Nc2ccc(C(F)(F)F)cc2)ncn1. The quantitative estimate of drug-likeness (QED) is 0.715. The summed E-state index contributed by atoms with van der Waals surface area (Å²) in [5.74, 6) is -0.133. The molecule has 3 rings (SSSR count). The van der Waals surface area contributed by atoms with E-state index in [0.29, 0.717) is 11.4 Å². The Morgan fingerprint density at radius 3 is 2.44 bits per heavy atom. The number of pyridine rings is 1. The van der Waals surface area contributed by atoms with Gasteiger partial charge < -0.3 is 10.6 Å². The lowest BCUT2D eigenvalue weighted by molar-refractivity contribution is -0.137. The number of aromatic nitrogens is 3. The van der Waals surface area contributed by atoms with Crippen LogP contribution in [-0.2, 0) is 12.7 Å². The molecule has 138 valence electrons. The van der Waals surface area contributed by atoms with Gasteiger partial charge in [-0.25, -0.2) is 9.97 Å². The molecule has 0 spiro atoms. The average molecular weight is 373 g/mol. The molecular weight excluding hydrogens is 359 g/mol. The molecule has 0 aliphatic rings. The second-order valence-corrected chi connectivity index (χ2v) is 5.49. The summed E-state index contributed by atoms with van der Waals surface area (Å²) in [4.78, 5) is 24.2. The summed E-state index contributed by atoms with van der Waals surface area (Å²) in [6.45, 7) is 0.241. The number of hydrogen-bond donors (Lipinski definition) is 2. The van der Waals surface area contributed by atoms with Gasteiger partial charge in [-0.05, 0) is 36.4 Å². The zero-order valence-corrected chi connectivity index (χ0v) is 13.9. The second kappa shape index (κ2) is 7.81. The largest absolute Gasteiger partial charge is 0.416 e. The molecule has 1 amide bonds. The number of nitrogens with one attached hydrogen (secondary N) is 2. The smallest absolute Gasteiger partial charge is 0.345 e. The van der Waals surface area contributed by atoms with Crippen molar-refractivity contribution in [2.24, 2.45) is 0 Å². The number of carbonyl (C=O) groups is 1. The first-order valence-electron chi connectivity index (χ1n) is 7.86. The Bertz CT molecular complexity index is 914. The van der Waals surface area contributed by atoms with E-state index in [-0.39, 0.29) is 18.1 Å². The second-order valence-electron chi connectivity index (χ2n) is 5.49. The molecule has 1 aromatic carbocycles. The van der Waals surface area contributed by atoms with Crippen LogP contribution < -0.4 is 10.6 Å². The summed E-state index contributed by atoms with van der Waals surface area (Å²) < 4.78 is 37.8. The number of nitrogens with zero attached hydrogens (tertiary/aromatic N) is 3. The third-order valence-corrected chi connectivity index (χ3v) is 3.54. The molecule has 0 aliphatic heterocycles. The van der Waals surface area contributed by atoms with Gasteiger partial charge in [-0.3, -0.25) is 9.78 Å². The minimum Gasteiger partial charge on any atom is -0.345 e. The normalized spacial score (nSPS) is 11.1. The fourth-order valence-corrected chi connectivity index (χ4v) is 2.20. The van der Waals surface area contributed by atoms with E-state index in [4.69, 9.17) is 0 Å². The minimum atomic E-state index is -4.40. The monoisotopic (exact) mass is 373 g/mol. The van der Waals surface area contributed by atoms with Gasteiger partial charge in [0, 0.05) is 18.0 Å². The summed E-state index contributed by atoms with van der Waals surface area (Å²) in [6, 6.07) is 11.3. The number of carbonyl (C=O) groups excluding carboxylic acids is 1. The molecular formula is C18H14F3N5O. The van der Waals surface area contributed by atoms with E-state index in [9.17, 15) is 18.0 Å². The molecule has 0 atom stereocenters. The fourth-order valence-electron chi connectivity index (χ4n) is 2.20. The van der Waals surface area contributed by atoms with Gasteiger partial charge in [0.2, 0.25) is 0 Å². The van der Waals surface area contributed by atoms with Gasteiger partial charge in [0.15, 0.2) is 0 Å². The molecule has 0 radical (unpaired) electrons. The summed E-state index contributed by atoms with van der Waals surface area (Å²) in [5, 5.41) is 5.53. The Kier molecular flexibility index (Phi) is 5.30. The number of alkyl halides is 3. The third-order valence-electron chi connectivity index (χ3n) is 3.54. The van der Waals surface area contributed by atoms with Crippen molar-refractivity contribution in [1.82, 2.24) is 20.3 Å². The lowest BCUT2D eigenvalue weighted by Gasteiger charge is -2.10. The predicted molar refractivity (Wildman–Crippen MR) is 92.2 cm³/mol. The molecule has 9 heteroatoms. The number of halogens is 3.